The Labute approximate surface area is 156 Å². The molecule has 8 nitrogen and oxygen atoms in total. The van der Waals surface area contributed by atoms with Crippen molar-refractivity contribution in [2.75, 3.05) is 18.8 Å². The molecule has 0 saturated carbocycles. The van der Waals surface area contributed by atoms with Crippen LogP contribution in [0, 0.1) is 0 Å². The molecular weight excluding hydrogens is 347 g/mol. The van der Waals surface area contributed by atoms with Crippen LogP contribution < -0.4 is 28.1 Å². The van der Waals surface area contributed by atoms with Crippen LogP contribution in [0.2, 0.25) is 0 Å². The van der Waals surface area contributed by atoms with Gasteiger partial charge in [-0.1, -0.05) is 6.07 Å². The average molecular weight is 370 g/mol. The molecule has 0 amide bonds. The fourth-order valence-electron chi connectivity index (χ4n) is 2.78. The summed E-state index contributed by atoms with van der Waals surface area (Å²) in [5, 5.41) is 2.90. The standard InChI is InChI=1S/C14H15N7.C4H8FN/c15-7-11(20-17)9-4-5-21-12(8-18-14(21)6-9)10-2-1-3-13(16)19-10;5-4-1-2-6-3-4/h1-8,20H,15,17H2,(H2,16,19);4,6H,1-3H2/b11-7-;. The van der Waals surface area contributed by atoms with Gasteiger partial charge in [-0.05, 0) is 37.2 Å². The zero-order chi connectivity index (χ0) is 19.2. The SMILES string of the molecule is FC1CCNC1.N/C=C(\NN)c1ccn2c(-c3cccc(N)n3)cnc2c1. The maximum Gasteiger partial charge on any atom is 0.137 e. The number of rotatable bonds is 3. The van der Waals surface area contributed by atoms with Gasteiger partial charge >= 0.3 is 0 Å². The van der Waals surface area contributed by atoms with Gasteiger partial charge in [-0.25, -0.2) is 14.4 Å². The molecule has 1 aliphatic heterocycles. The second kappa shape index (κ2) is 8.47. The predicted molar refractivity (Wildman–Crippen MR) is 105 cm³/mol. The van der Waals surface area contributed by atoms with Crippen molar-refractivity contribution in [3.8, 4) is 11.4 Å². The first-order chi connectivity index (χ1) is 13.1. The summed E-state index contributed by atoms with van der Waals surface area (Å²) in [6.07, 6.45) is 5.20. The number of hydrazine groups is 1. The van der Waals surface area contributed by atoms with Crippen molar-refractivity contribution in [2.24, 2.45) is 11.6 Å². The van der Waals surface area contributed by atoms with Crippen molar-refractivity contribution in [1.29, 1.82) is 0 Å². The Bertz CT molecular complexity index is 930. The molecular formula is C18H23FN8. The molecule has 142 valence electrons. The topological polar surface area (TPSA) is 132 Å². The molecule has 4 rings (SSSR count). The zero-order valence-electron chi connectivity index (χ0n) is 14.8. The number of aromatic nitrogens is 3. The number of hydrogen-bond donors (Lipinski definition) is 5. The third kappa shape index (κ3) is 4.33. The van der Waals surface area contributed by atoms with Gasteiger partial charge in [0.2, 0.25) is 0 Å². The monoisotopic (exact) mass is 370 g/mol. The molecule has 1 saturated heterocycles. The van der Waals surface area contributed by atoms with Crippen LogP contribution in [0.3, 0.4) is 0 Å². The number of nitrogen functional groups attached to an aromatic ring is 1. The minimum atomic E-state index is -0.565. The number of imidazole rings is 1. The predicted octanol–water partition coefficient (Wildman–Crippen LogP) is 1.02. The Morgan fingerprint density at radius 2 is 2.22 bits per heavy atom. The van der Waals surface area contributed by atoms with Crippen molar-refractivity contribution in [3.05, 3.63) is 54.5 Å². The average Bonchev–Trinajstić information content (AvgIpc) is 3.32. The highest BCUT2D eigenvalue weighted by Gasteiger charge is 2.10. The highest BCUT2D eigenvalue weighted by atomic mass is 19.1. The molecule has 3 aromatic heterocycles. The number of pyridine rings is 2. The molecule has 8 N–H and O–H groups in total. The van der Waals surface area contributed by atoms with Crippen molar-refractivity contribution in [1.82, 2.24) is 25.1 Å². The van der Waals surface area contributed by atoms with Crippen LogP contribution in [0.15, 0.2) is 48.9 Å². The van der Waals surface area contributed by atoms with Crippen molar-refractivity contribution in [2.45, 2.75) is 12.6 Å². The van der Waals surface area contributed by atoms with Gasteiger partial charge in [0.25, 0.3) is 0 Å². The first kappa shape index (κ1) is 18.6. The summed E-state index contributed by atoms with van der Waals surface area (Å²) in [5.41, 5.74) is 17.7. The molecule has 0 aliphatic carbocycles. The van der Waals surface area contributed by atoms with Crippen LogP contribution in [0.5, 0.6) is 0 Å². The van der Waals surface area contributed by atoms with Gasteiger partial charge in [-0.3, -0.25) is 10.2 Å². The molecule has 0 bridgehead atoms. The van der Waals surface area contributed by atoms with E-state index in [9.17, 15) is 4.39 Å². The Balaban J connectivity index is 0.000000299. The summed E-state index contributed by atoms with van der Waals surface area (Å²) in [5.74, 6) is 5.89. The van der Waals surface area contributed by atoms with Crippen molar-refractivity contribution >= 4 is 17.2 Å². The van der Waals surface area contributed by atoms with E-state index in [1.165, 1.54) is 6.20 Å². The summed E-state index contributed by atoms with van der Waals surface area (Å²) < 4.78 is 13.8. The lowest BCUT2D eigenvalue weighted by molar-refractivity contribution is 0.361. The van der Waals surface area contributed by atoms with E-state index in [0.717, 1.165) is 29.1 Å². The number of alkyl halides is 1. The van der Waals surface area contributed by atoms with E-state index in [0.29, 0.717) is 24.5 Å². The van der Waals surface area contributed by atoms with Crippen molar-refractivity contribution in [3.63, 3.8) is 0 Å². The minimum absolute atomic E-state index is 0.472. The molecule has 0 spiro atoms. The number of halogens is 1. The molecule has 3 aromatic rings. The summed E-state index contributed by atoms with van der Waals surface area (Å²) in [6, 6.07) is 9.27. The lowest BCUT2D eigenvalue weighted by atomic mass is 10.2. The second-order valence-corrected chi connectivity index (χ2v) is 6.05. The fourth-order valence-corrected chi connectivity index (χ4v) is 2.78. The third-order valence-corrected chi connectivity index (χ3v) is 4.18. The van der Waals surface area contributed by atoms with Gasteiger partial charge in [0.15, 0.2) is 0 Å². The molecule has 9 heteroatoms. The fraction of sp³-hybridized carbons (Fsp3) is 0.222. The molecule has 1 aliphatic rings. The zero-order valence-corrected chi connectivity index (χ0v) is 14.8. The lowest BCUT2D eigenvalue weighted by Crippen LogP contribution is -2.21. The Morgan fingerprint density at radius 3 is 2.81 bits per heavy atom. The highest BCUT2D eigenvalue weighted by Crippen LogP contribution is 2.21. The lowest BCUT2D eigenvalue weighted by Gasteiger charge is -2.07. The van der Waals surface area contributed by atoms with Crippen LogP contribution in [0.4, 0.5) is 10.2 Å². The van der Waals surface area contributed by atoms with E-state index in [2.05, 4.69) is 20.7 Å². The van der Waals surface area contributed by atoms with E-state index in [1.807, 2.05) is 34.9 Å². The molecule has 0 aromatic carbocycles. The van der Waals surface area contributed by atoms with Crippen LogP contribution in [0.25, 0.3) is 22.7 Å². The van der Waals surface area contributed by atoms with Gasteiger partial charge in [0, 0.05) is 24.5 Å². The molecule has 1 atom stereocenters. The smallest absolute Gasteiger partial charge is 0.137 e. The van der Waals surface area contributed by atoms with Crippen molar-refractivity contribution < 1.29 is 4.39 Å². The summed E-state index contributed by atoms with van der Waals surface area (Å²) in [7, 11) is 0. The number of hydrogen-bond acceptors (Lipinski definition) is 7. The van der Waals surface area contributed by atoms with Crippen LogP contribution >= 0.6 is 0 Å². The molecule has 1 fully saturated rings. The van der Waals surface area contributed by atoms with E-state index < -0.39 is 6.17 Å². The number of nitrogens with two attached hydrogens (primary N) is 3. The maximum atomic E-state index is 11.9. The van der Waals surface area contributed by atoms with Gasteiger partial charge in [0.05, 0.1) is 23.3 Å². The molecule has 4 heterocycles. The highest BCUT2D eigenvalue weighted by molar-refractivity contribution is 5.69. The van der Waals surface area contributed by atoms with Crippen LogP contribution in [0.1, 0.15) is 12.0 Å². The largest absolute Gasteiger partial charge is 0.403 e. The number of nitrogens with zero attached hydrogens (tertiary/aromatic N) is 3. The quantitative estimate of drug-likeness (QED) is 0.343. The minimum Gasteiger partial charge on any atom is -0.403 e. The van der Waals surface area contributed by atoms with E-state index >= 15 is 0 Å². The van der Waals surface area contributed by atoms with E-state index in [-0.39, 0.29) is 0 Å². The normalized spacial score (nSPS) is 16.8. The van der Waals surface area contributed by atoms with E-state index in [1.54, 1.807) is 12.3 Å². The first-order valence-electron chi connectivity index (χ1n) is 8.56. The van der Waals surface area contributed by atoms with Gasteiger partial charge in [-0.2, -0.15) is 0 Å². The molecule has 1 unspecified atom stereocenters. The Kier molecular flexibility index (Phi) is 5.84. The summed E-state index contributed by atoms with van der Waals surface area (Å²) >= 11 is 0. The second-order valence-electron chi connectivity index (χ2n) is 6.05. The summed E-state index contributed by atoms with van der Waals surface area (Å²) in [6.45, 7) is 1.43. The van der Waals surface area contributed by atoms with Gasteiger partial charge in [0.1, 0.15) is 17.6 Å². The van der Waals surface area contributed by atoms with E-state index in [4.69, 9.17) is 17.3 Å². The molecule has 27 heavy (non-hydrogen) atoms. The summed E-state index contributed by atoms with van der Waals surface area (Å²) in [4.78, 5) is 8.69. The first-order valence-corrected chi connectivity index (χ1v) is 8.56. The third-order valence-electron chi connectivity index (χ3n) is 4.18. The maximum absolute atomic E-state index is 11.9. The van der Waals surface area contributed by atoms with Gasteiger partial charge in [-0.15, -0.1) is 0 Å². The number of nitrogens with one attached hydrogen (secondary N) is 2. The number of anilines is 1. The number of fused-ring (bicyclic) bond motifs is 1. The Hall–Kier alpha value is -3.17. The molecule has 0 radical (unpaired) electrons. The van der Waals surface area contributed by atoms with Crippen LogP contribution in [-0.2, 0) is 0 Å². The Morgan fingerprint density at radius 1 is 1.37 bits per heavy atom. The van der Waals surface area contributed by atoms with Gasteiger partial charge < -0.3 is 22.2 Å². The van der Waals surface area contributed by atoms with Crippen LogP contribution in [-0.4, -0.2) is 33.6 Å².